The molecule has 2 nitrogen and oxygen atoms in total. The lowest BCUT2D eigenvalue weighted by Gasteiger charge is -2.25. The number of hydrogen-bond acceptors (Lipinski definition) is 2. The zero-order valence-electron chi connectivity index (χ0n) is 17.2. The third kappa shape index (κ3) is 5.14. The fourth-order valence-electron chi connectivity index (χ4n) is 3.24. The van der Waals surface area contributed by atoms with E-state index < -0.39 is 0 Å². The Balaban J connectivity index is 2.40. The normalized spacial score (nSPS) is 17.3. The Morgan fingerprint density at radius 1 is 1.08 bits per heavy atom. The molecule has 0 spiro atoms. The highest BCUT2D eigenvalue weighted by Gasteiger charge is 2.19. The summed E-state index contributed by atoms with van der Waals surface area (Å²) in [6.45, 7) is 15.9. The van der Waals surface area contributed by atoms with Crippen LogP contribution in [0.1, 0.15) is 56.4 Å². The minimum atomic E-state index is 0.120. The van der Waals surface area contributed by atoms with Gasteiger partial charge < -0.3 is 0 Å². The molecule has 2 heteroatoms. The van der Waals surface area contributed by atoms with E-state index in [-0.39, 0.29) is 5.41 Å². The zero-order valence-corrected chi connectivity index (χ0v) is 17.2. The molecule has 0 saturated heterocycles. The van der Waals surface area contributed by atoms with Gasteiger partial charge in [-0.1, -0.05) is 50.6 Å². The molecule has 0 bridgehead atoms. The molecule has 0 unspecified atom stereocenters. The van der Waals surface area contributed by atoms with Crippen LogP contribution < -0.4 is 0 Å². The first-order chi connectivity index (χ1) is 12.2. The van der Waals surface area contributed by atoms with Crippen molar-refractivity contribution in [3.8, 4) is 0 Å². The van der Waals surface area contributed by atoms with E-state index in [4.69, 9.17) is 4.99 Å². The first-order valence-corrected chi connectivity index (χ1v) is 9.36. The molecule has 1 aliphatic rings. The maximum Gasteiger partial charge on any atom is 0.0830 e. The van der Waals surface area contributed by atoms with Gasteiger partial charge in [0.05, 0.1) is 18.0 Å². The van der Waals surface area contributed by atoms with Crippen molar-refractivity contribution in [2.75, 3.05) is 7.05 Å². The molecule has 0 amide bonds. The SMILES string of the molecule is C=C(C)CCc1cc(CN=C2C=CC=CC2=NC)c(C)c(C(C)(C)C)c1. The smallest absolute Gasteiger partial charge is 0.0830 e. The quantitative estimate of drug-likeness (QED) is 0.465. The van der Waals surface area contributed by atoms with E-state index in [0.29, 0.717) is 6.54 Å². The summed E-state index contributed by atoms with van der Waals surface area (Å²) >= 11 is 0. The Morgan fingerprint density at radius 2 is 1.73 bits per heavy atom. The second kappa shape index (κ2) is 8.44. The predicted molar refractivity (Wildman–Crippen MR) is 116 cm³/mol. The lowest BCUT2D eigenvalue weighted by molar-refractivity contribution is 0.583. The van der Waals surface area contributed by atoms with Gasteiger partial charge in [0, 0.05) is 7.05 Å². The lowest BCUT2D eigenvalue weighted by Crippen LogP contribution is -2.16. The summed E-state index contributed by atoms with van der Waals surface area (Å²) in [5, 5.41) is 0. The van der Waals surface area contributed by atoms with E-state index in [2.05, 4.69) is 58.3 Å². The molecule has 0 N–H and O–H groups in total. The van der Waals surface area contributed by atoms with Crippen molar-refractivity contribution in [2.24, 2.45) is 9.98 Å². The molecule has 0 heterocycles. The average molecular weight is 349 g/mol. The minimum Gasteiger partial charge on any atom is -0.286 e. The van der Waals surface area contributed by atoms with Gasteiger partial charge in [0.1, 0.15) is 0 Å². The maximum atomic E-state index is 4.86. The number of benzene rings is 1. The number of rotatable bonds is 5. The highest BCUT2D eigenvalue weighted by Crippen LogP contribution is 2.30. The van der Waals surface area contributed by atoms with Crippen molar-refractivity contribution in [1.82, 2.24) is 0 Å². The van der Waals surface area contributed by atoms with Gasteiger partial charge in [-0.25, -0.2) is 0 Å². The van der Waals surface area contributed by atoms with Crippen LogP contribution in [0.4, 0.5) is 0 Å². The van der Waals surface area contributed by atoms with Crippen LogP contribution in [0.15, 0.2) is 58.6 Å². The number of allylic oxidation sites excluding steroid dienone is 5. The van der Waals surface area contributed by atoms with Crippen LogP contribution in [-0.4, -0.2) is 18.5 Å². The molecular formula is C24H32N2. The van der Waals surface area contributed by atoms with Gasteiger partial charge in [0.15, 0.2) is 0 Å². The highest BCUT2D eigenvalue weighted by atomic mass is 14.8. The Labute approximate surface area is 159 Å². The summed E-state index contributed by atoms with van der Waals surface area (Å²) in [6, 6.07) is 4.69. The van der Waals surface area contributed by atoms with Gasteiger partial charge >= 0.3 is 0 Å². The molecule has 26 heavy (non-hydrogen) atoms. The van der Waals surface area contributed by atoms with Crippen LogP contribution in [0.2, 0.25) is 0 Å². The van der Waals surface area contributed by atoms with Crippen LogP contribution in [0.3, 0.4) is 0 Å². The molecule has 1 aliphatic carbocycles. The van der Waals surface area contributed by atoms with E-state index >= 15 is 0 Å². The van der Waals surface area contributed by atoms with Crippen LogP contribution in [0.25, 0.3) is 0 Å². The zero-order chi connectivity index (χ0) is 19.3. The minimum absolute atomic E-state index is 0.120. The van der Waals surface area contributed by atoms with E-state index in [0.717, 1.165) is 24.3 Å². The Hall–Kier alpha value is -2.22. The molecule has 0 aliphatic heterocycles. The van der Waals surface area contributed by atoms with Gasteiger partial charge in [-0.05, 0) is 66.5 Å². The van der Waals surface area contributed by atoms with E-state index in [1.54, 1.807) is 0 Å². The van der Waals surface area contributed by atoms with Crippen LogP contribution in [0.5, 0.6) is 0 Å². The number of hydrogen-bond donors (Lipinski definition) is 0. The summed E-state index contributed by atoms with van der Waals surface area (Å²) in [7, 11) is 1.82. The van der Waals surface area contributed by atoms with Crippen LogP contribution in [-0.2, 0) is 18.4 Å². The molecular weight excluding hydrogens is 316 g/mol. The molecule has 138 valence electrons. The van der Waals surface area contributed by atoms with Gasteiger partial charge in [0.2, 0.25) is 0 Å². The molecule has 1 aromatic carbocycles. The molecule has 0 atom stereocenters. The molecule has 0 aromatic heterocycles. The second-order valence-corrected chi connectivity index (χ2v) is 8.16. The topological polar surface area (TPSA) is 24.7 Å². The van der Waals surface area contributed by atoms with Crippen LogP contribution >= 0.6 is 0 Å². The number of aliphatic imine (C=N–C) groups is 2. The average Bonchev–Trinajstić information content (AvgIpc) is 2.58. The number of aryl methyl sites for hydroxylation is 1. The Bertz CT molecular complexity index is 796. The van der Waals surface area contributed by atoms with E-state index in [1.165, 1.54) is 27.8 Å². The van der Waals surface area contributed by atoms with E-state index in [9.17, 15) is 0 Å². The van der Waals surface area contributed by atoms with Crippen molar-refractivity contribution in [2.45, 2.75) is 59.4 Å². The highest BCUT2D eigenvalue weighted by molar-refractivity contribution is 6.51. The van der Waals surface area contributed by atoms with Crippen LogP contribution in [0, 0.1) is 6.92 Å². The third-order valence-corrected chi connectivity index (χ3v) is 4.77. The maximum absolute atomic E-state index is 4.86. The van der Waals surface area contributed by atoms with Gasteiger partial charge in [-0.3, -0.25) is 9.98 Å². The summed E-state index contributed by atoms with van der Waals surface area (Å²) in [5.74, 6) is 0. The fraction of sp³-hybridized carbons (Fsp3) is 0.417. The largest absolute Gasteiger partial charge is 0.286 e. The van der Waals surface area contributed by atoms with Crippen molar-refractivity contribution in [3.63, 3.8) is 0 Å². The van der Waals surface area contributed by atoms with Crippen molar-refractivity contribution in [1.29, 1.82) is 0 Å². The van der Waals surface area contributed by atoms with Gasteiger partial charge in [-0.2, -0.15) is 0 Å². The standard InChI is InChI=1S/C24H32N2/c1-17(2)12-13-19-14-20(18(3)21(15-19)24(4,5)6)16-26-23-11-9-8-10-22(23)25-7/h8-11,14-15H,1,12-13,16H2,2-7H3. The Morgan fingerprint density at radius 3 is 2.31 bits per heavy atom. The van der Waals surface area contributed by atoms with Crippen molar-refractivity contribution in [3.05, 3.63) is 70.8 Å². The second-order valence-electron chi connectivity index (χ2n) is 8.16. The summed E-state index contributed by atoms with van der Waals surface area (Å²) < 4.78 is 0. The summed E-state index contributed by atoms with van der Waals surface area (Å²) in [5.41, 5.74) is 8.70. The van der Waals surface area contributed by atoms with Gasteiger partial charge in [-0.15, -0.1) is 6.58 Å². The van der Waals surface area contributed by atoms with Gasteiger partial charge in [0.25, 0.3) is 0 Å². The monoisotopic (exact) mass is 348 g/mol. The number of nitrogens with zero attached hydrogens (tertiary/aromatic N) is 2. The van der Waals surface area contributed by atoms with Crippen molar-refractivity contribution >= 4 is 11.4 Å². The predicted octanol–water partition coefficient (Wildman–Crippen LogP) is 5.94. The summed E-state index contributed by atoms with van der Waals surface area (Å²) in [4.78, 5) is 9.18. The fourth-order valence-corrected chi connectivity index (χ4v) is 3.24. The first-order valence-electron chi connectivity index (χ1n) is 9.36. The summed E-state index contributed by atoms with van der Waals surface area (Å²) in [6.07, 6.45) is 10.1. The van der Waals surface area contributed by atoms with Crippen molar-refractivity contribution < 1.29 is 0 Å². The molecule has 0 saturated carbocycles. The van der Waals surface area contributed by atoms with E-state index in [1.807, 2.05) is 31.4 Å². The molecule has 2 rings (SSSR count). The molecule has 1 aromatic rings. The molecule has 0 radical (unpaired) electrons. The first kappa shape index (κ1) is 20.1. The Kier molecular flexibility index (Phi) is 6.52. The lowest BCUT2D eigenvalue weighted by atomic mass is 9.81. The molecule has 0 fully saturated rings. The third-order valence-electron chi connectivity index (χ3n) is 4.77.